The van der Waals surface area contributed by atoms with Gasteiger partial charge in [0.05, 0.1) is 5.41 Å². The topological polar surface area (TPSA) is 69.7 Å². The number of hydrogen-bond acceptors (Lipinski definition) is 5. The molecule has 112 valence electrons. The number of carboxylic acids is 1. The van der Waals surface area contributed by atoms with Crippen LogP contribution < -0.4 is 5.11 Å². The lowest BCUT2D eigenvalue weighted by molar-refractivity contribution is -0.319. The lowest BCUT2D eigenvalue weighted by Crippen LogP contribution is -2.44. The molecular weight excluding hydrogens is 246 g/mol. The molecular formula is C14H26NO4-. The molecule has 0 saturated heterocycles. The van der Waals surface area contributed by atoms with Crippen molar-refractivity contribution in [1.29, 1.82) is 0 Å². The molecule has 5 heteroatoms. The van der Waals surface area contributed by atoms with E-state index in [-0.39, 0.29) is 12.4 Å². The van der Waals surface area contributed by atoms with E-state index in [2.05, 4.69) is 0 Å². The molecule has 0 rings (SSSR count). The molecule has 0 N–H and O–H groups in total. The molecule has 0 radical (unpaired) electrons. The summed E-state index contributed by atoms with van der Waals surface area (Å²) in [5.41, 5.74) is -1.85. The highest BCUT2D eigenvalue weighted by molar-refractivity contribution is 5.78. The van der Waals surface area contributed by atoms with E-state index in [4.69, 9.17) is 4.74 Å². The van der Waals surface area contributed by atoms with Crippen LogP contribution in [0.25, 0.3) is 0 Å². The van der Waals surface area contributed by atoms with Crippen LogP contribution in [0.5, 0.6) is 0 Å². The Balaban J connectivity index is 4.60. The van der Waals surface area contributed by atoms with Gasteiger partial charge in [-0.1, -0.05) is 13.8 Å². The van der Waals surface area contributed by atoms with Gasteiger partial charge in [-0.2, -0.15) is 0 Å². The first-order valence-corrected chi connectivity index (χ1v) is 6.58. The summed E-state index contributed by atoms with van der Waals surface area (Å²) < 4.78 is 5.19. The summed E-state index contributed by atoms with van der Waals surface area (Å²) in [4.78, 5) is 25.1. The fourth-order valence-electron chi connectivity index (χ4n) is 1.91. The van der Waals surface area contributed by atoms with Crippen LogP contribution >= 0.6 is 0 Å². The molecule has 0 aliphatic heterocycles. The molecule has 0 amide bonds. The SMILES string of the molecule is CCC(C)(CC(C)(C)C(=O)OCCN(C)C)C(=O)[O-]. The standard InChI is InChI=1S/C14H27NO4/c1-7-14(4,11(16)17)10-13(2,3)12(18)19-9-8-15(5)6/h7-10H2,1-6H3,(H,16,17)/p-1. The quantitative estimate of drug-likeness (QED) is 0.608. The van der Waals surface area contributed by atoms with Crippen molar-refractivity contribution in [3.05, 3.63) is 0 Å². The fourth-order valence-corrected chi connectivity index (χ4v) is 1.91. The van der Waals surface area contributed by atoms with Crippen molar-refractivity contribution in [3.63, 3.8) is 0 Å². The number of nitrogens with zero attached hydrogens (tertiary/aromatic N) is 1. The van der Waals surface area contributed by atoms with Crippen LogP contribution in [0.4, 0.5) is 0 Å². The number of carboxylic acid groups (broad SMARTS) is 1. The van der Waals surface area contributed by atoms with Gasteiger partial charge < -0.3 is 19.5 Å². The molecule has 0 bridgehead atoms. The van der Waals surface area contributed by atoms with Gasteiger partial charge in [0, 0.05) is 17.9 Å². The highest BCUT2D eigenvalue weighted by atomic mass is 16.5. The molecule has 0 saturated carbocycles. The summed E-state index contributed by atoms with van der Waals surface area (Å²) in [5.74, 6) is -1.49. The Morgan fingerprint density at radius 1 is 1.21 bits per heavy atom. The van der Waals surface area contributed by atoms with E-state index in [1.165, 1.54) is 0 Å². The van der Waals surface area contributed by atoms with Crippen molar-refractivity contribution >= 4 is 11.9 Å². The van der Waals surface area contributed by atoms with Crippen LogP contribution in [-0.4, -0.2) is 44.1 Å². The van der Waals surface area contributed by atoms with Crippen molar-refractivity contribution in [3.8, 4) is 0 Å². The normalized spacial score (nSPS) is 15.1. The van der Waals surface area contributed by atoms with E-state index in [1.54, 1.807) is 27.7 Å². The van der Waals surface area contributed by atoms with Crippen LogP contribution in [0, 0.1) is 10.8 Å². The first kappa shape index (κ1) is 17.9. The van der Waals surface area contributed by atoms with E-state index >= 15 is 0 Å². The second-order valence-electron chi connectivity index (χ2n) is 6.20. The van der Waals surface area contributed by atoms with Crippen LogP contribution in [-0.2, 0) is 14.3 Å². The summed E-state index contributed by atoms with van der Waals surface area (Å²) in [5, 5.41) is 11.2. The van der Waals surface area contributed by atoms with Gasteiger partial charge in [0.15, 0.2) is 0 Å². The number of carbonyl (C=O) groups excluding carboxylic acids is 2. The van der Waals surface area contributed by atoms with E-state index in [0.29, 0.717) is 19.6 Å². The van der Waals surface area contributed by atoms with E-state index in [1.807, 2.05) is 19.0 Å². The number of aliphatic carboxylic acids is 1. The minimum atomic E-state index is -1.12. The zero-order valence-corrected chi connectivity index (χ0v) is 12.9. The smallest absolute Gasteiger partial charge is 0.311 e. The maximum Gasteiger partial charge on any atom is 0.311 e. The Kier molecular flexibility index (Phi) is 6.49. The van der Waals surface area contributed by atoms with E-state index in [9.17, 15) is 14.7 Å². The van der Waals surface area contributed by atoms with Gasteiger partial charge in [0.1, 0.15) is 6.61 Å². The van der Waals surface area contributed by atoms with Gasteiger partial charge in [0.2, 0.25) is 0 Å². The number of hydrogen-bond donors (Lipinski definition) is 0. The first-order valence-electron chi connectivity index (χ1n) is 6.58. The molecule has 1 unspecified atom stereocenters. The molecule has 0 aromatic carbocycles. The Morgan fingerprint density at radius 2 is 1.74 bits per heavy atom. The number of carbonyl (C=O) groups is 2. The number of likely N-dealkylation sites (N-methyl/N-ethyl adjacent to an activating group) is 1. The molecule has 0 aromatic heterocycles. The summed E-state index contributed by atoms with van der Waals surface area (Å²) in [6.07, 6.45) is 0.628. The second kappa shape index (κ2) is 6.89. The average Bonchev–Trinajstić information content (AvgIpc) is 2.27. The third-order valence-corrected chi connectivity index (χ3v) is 3.43. The lowest BCUT2D eigenvalue weighted by Gasteiger charge is -2.36. The molecule has 0 fully saturated rings. The summed E-state index contributed by atoms with van der Waals surface area (Å²) in [7, 11) is 3.78. The van der Waals surface area contributed by atoms with Crippen molar-refractivity contribution in [2.24, 2.45) is 10.8 Å². The summed E-state index contributed by atoms with van der Waals surface area (Å²) in [6, 6.07) is 0. The van der Waals surface area contributed by atoms with Crippen molar-refractivity contribution in [2.45, 2.75) is 40.5 Å². The fraction of sp³-hybridized carbons (Fsp3) is 0.857. The summed E-state index contributed by atoms with van der Waals surface area (Å²) >= 11 is 0. The molecule has 0 aliphatic carbocycles. The second-order valence-corrected chi connectivity index (χ2v) is 6.20. The minimum absolute atomic E-state index is 0.208. The highest BCUT2D eigenvalue weighted by Crippen LogP contribution is 2.37. The van der Waals surface area contributed by atoms with Crippen LogP contribution in [0.2, 0.25) is 0 Å². The van der Waals surface area contributed by atoms with Gasteiger partial charge in [-0.05, 0) is 40.8 Å². The Morgan fingerprint density at radius 3 is 2.11 bits per heavy atom. The molecule has 1 atom stereocenters. The monoisotopic (exact) mass is 272 g/mol. The molecule has 5 nitrogen and oxygen atoms in total. The Labute approximate surface area is 115 Å². The van der Waals surface area contributed by atoms with Gasteiger partial charge in [0.25, 0.3) is 0 Å². The van der Waals surface area contributed by atoms with E-state index in [0.717, 1.165) is 0 Å². The zero-order valence-electron chi connectivity index (χ0n) is 12.9. The largest absolute Gasteiger partial charge is 0.550 e. The lowest BCUT2D eigenvalue weighted by atomic mass is 9.72. The van der Waals surface area contributed by atoms with Crippen LogP contribution in [0.15, 0.2) is 0 Å². The number of rotatable bonds is 8. The third-order valence-electron chi connectivity index (χ3n) is 3.43. The van der Waals surface area contributed by atoms with Crippen molar-refractivity contribution < 1.29 is 19.4 Å². The molecule has 0 heterocycles. The van der Waals surface area contributed by atoms with Crippen molar-refractivity contribution in [2.75, 3.05) is 27.2 Å². The minimum Gasteiger partial charge on any atom is -0.550 e. The molecule has 19 heavy (non-hydrogen) atoms. The van der Waals surface area contributed by atoms with Gasteiger partial charge in [-0.25, -0.2) is 0 Å². The van der Waals surface area contributed by atoms with E-state index < -0.39 is 16.8 Å². The predicted octanol–water partition coefficient (Wildman–Crippen LogP) is 0.674. The van der Waals surface area contributed by atoms with Gasteiger partial charge in [-0.15, -0.1) is 0 Å². The summed E-state index contributed by atoms with van der Waals surface area (Å²) in [6.45, 7) is 7.76. The van der Waals surface area contributed by atoms with Crippen LogP contribution in [0.1, 0.15) is 40.5 Å². The first-order chi connectivity index (χ1) is 8.55. The van der Waals surface area contributed by atoms with Crippen LogP contribution in [0.3, 0.4) is 0 Å². The number of esters is 1. The van der Waals surface area contributed by atoms with Crippen molar-refractivity contribution in [1.82, 2.24) is 4.90 Å². The van der Waals surface area contributed by atoms with Gasteiger partial charge in [-0.3, -0.25) is 4.79 Å². The molecule has 0 spiro atoms. The zero-order chi connectivity index (χ0) is 15.3. The highest BCUT2D eigenvalue weighted by Gasteiger charge is 2.38. The van der Waals surface area contributed by atoms with Gasteiger partial charge >= 0.3 is 5.97 Å². The average molecular weight is 272 g/mol. The molecule has 0 aliphatic rings. The molecule has 0 aromatic rings. The maximum atomic E-state index is 12.0. The number of ether oxygens (including phenoxy) is 1. The third kappa shape index (κ3) is 5.59. The predicted molar refractivity (Wildman–Crippen MR) is 71.3 cm³/mol. The Hall–Kier alpha value is -1.10. The Bertz CT molecular complexity index is 325. The maximum absolute atomic E-state index is 12.0.